The molecule has 0 saturated heterocycles. The molecule has 2 aromatic carbocycles. The molecule has 4 aromatic rings. The smallest absolute Gasteiger partial charge is 0.314 e. The third kappa shape index (κ3) is 2.57. The molecule has 0 aliphatic heterocycles. The Labute approximate surface area is 143 Å². The van der Waals surface area contributed by atoms with Crippen molar-refractivity contribution in [1.29, 1.82) is 0 Å². The molecule has 0 aliphatic rings. The Balaban J connectivity index is 2.04. The van der Waals surface area contributed by atoms with Crippen LogP contribution in [0.3, 0.4) is 0 Å². The maximum atomic E-state index is 12.7. The maximum Gasteiger partial charge on any atom is 0.329 e. The van der Waals surface area contributed by atoms with Crippen LogP contribution in [0.2, 0.25) is 0 Å². The number of hydrogen-bond donors (Lipinski definition) is 1. The molecule has 0 spiro atoms. The van der Waals surface area contributed by atoms with Crippen molar-refractivity contribution >= 4 is 11.2 Å². The summed E-state index contributed by atoms with van der Waals surface area (Å²) in [4.78, 5) is 31.8. The number of H-pyrrole nitrogens is 1. The number of aromatic nitrogens is 4. The Morgan fingerprint density at radius 2 is 1.60 bits per heavy atom. The molecule has 124 valence electrons. The summed E-state index contributed by atoms with van der Waals surface area (Å²) >= 11 is 0. The molecule has 6 nitrogen and oxygen atoms in total. The van der Waals surface area contributed by atoms with E-state index in [4.69, 9.17) is 0 Å². The van der Waals surface area contributed by atoms with Crippen molar-refractivity contribution in [3.05, 3.63) is 87.1 Å². The van der Waals surface area contributed by atoms with E-state index in [1.54, 1.807) is 0 Å². The van der Waals surface area contributed by atoms with Gasteiger partial charge in [-0.25, -0.2) is 9.78 Å². The van der Waals surface area contributed by atoms with Gasteiger partial charge in [-0.1, -0.05) is 60.7 Å². The van der Waals surface area contributed by atoms with E-state index in [0.717, 1.165) is 15.7 Å². The Hall–Kier alpha value is -3.41. The molecule has 0 atom stereocenters. The second-order valence-electron chi connectivity index (χ2n) is 5.86. The number of rotatable bonds is 3. The van der Waals surface area contributed by atoms with Crippen LogP contribution < -0.4 is 11.2 Å². The first-order chi connectivity index (χ1) is 12.1. The lowest BCUT2D eigenvalue weighted by Gasteiger charge is -2.09. The number of hydrogen-bond acceptors (Lipinski definition) is 3. The number of aromatic amines is 1. The Bertz CT molecular complexity index is 1160. The lowest BCUT2D eigenvalue weighted by molar-refractivity contribution is 0.770. The summed E-state index contributed by atoms with van der Waals surface area (Å²) in [7, 11) is 1.46. The van der Waals surface area contributed by atoms with Gasteiger partial charge in [0, 0.05) is 19.2 Å². The normalized spacial score (nSPS) is 11.1. The summed E-state index contributed by atoms with van der Waals surface area (Å²) in [6, 6.07) is 19.5. The van der Waals surface area contributed by atoms with Crippen LogP contribution >= 0.6 is 0 Å². The molecular formula is C19H16N4O2. The Morgan fingerprint density at radius 3 is 2.28 bits per heavy atom. The van der Waals surface area contributed by atoms with Crippen LogP contribution in [-0.4, -0.2) is 19.1 Å². The van der Waals surface area contributed by atoms with Crippen LogP contribution in [0.5, 0.6) is 0 Å². The fourth-order valence-electron chi connectivity index (χ4n) is 2.92. The topological polar surface area (TPSA) is 72.7 Å². The van der Waals surface area contributed by atoms with E-state index in [1.165, 1.54) is 7.05 Å². The highest BCUT2D eigenvalue weighted by molar-refractivity contribution is 5.76. The van der Waals surface area contributed by atoms with Gasteiger partial charge in [-0.15, -0.1) is 0 Å². The van der Waals surface area contributed by atoms with Gasteiger partial charge in [-0.3, -0.25) is 14.3 Å². The van der Waals surface area contributed by atoms with Gasteiger partial charge in [0.1, 0.15) is 5.82 Å². The van der Waals surface area contributed by atoms with Crippen molar-refractivity contribution < 1.29 is 0 Å². The molecule has 0 amide bonds. The predicted octanol–water partition coefficient (Wildman–Crippen LogP) is 2.14. The fraction of sp³-hybridized carbons (Fsp3) is 0.105. The highest BCUT2D eigenvalue weighted by Gasteiger charge is 2.18. The van der Waals surface area contributed by atoms with Crippen molar-refractivity contribution in [2.24, 2.45) is 7.05 Å². The molecule has 0 saturated carbocycles. The van der Waals surface area contributed by atoms with Crippen LogP contribution in [-0.2, 0) is 13.6 Å². The second kappa shape index (κ2) is 5.90. The van der Waals surface area contributed by atoms with Crippen molar-refractivity contribution in [3.63, 3.8) is 0 Å². The standard InChI is InChI=1S/C19H16N4O2/c1-22-18(24)15-16(21-19(22)25)20-17(14-10-6-3-7-11-14)23(15)12-13-8-4-2-5-9-13/h2-11H,12H2,1H3,(H,21,25). The Morgan fingerprint density at radius 1 is 0.960 bits per heavy atom. The average Bonchev–Trinajstić information content (AvgIpc) is 2.99. The van der Waals surface area contributed by atoms with E-state index in [2.05, 4.69) is 9.97 Å². The molecule has 4 rings (SSSR count). The van der Waals surface area contributed by atoms with Gasteiger partial charge in [0.25, 0.3) is 5.56 Å². The average molecular weight is 332 g/mol. The molecule has 6 heteroatoms. The van der Waals surface area contributed by atoms with Crippen molar-refractivity contribution in [2.75, 3.05) is 0 Å². The third-order valence-electron chi connectivity index (χ3n) is 4.22. The minimum Gasteiger partial charge on any atom is -0.314 e. The number of nitrogens with zero attached hydrogens (tertiary/aromatic N) is 3. The molecule has 25 heavy (non-hydrogen) atoms. The molecular weight excluding hydrogens is 316 g/mol. The van der Waals surface area contributed by atoms with E-state index >= 15 is 0 Å². The molecule has 0 bridgehead atoms. The molecule has 2 aromatic heterocycles. The zero-order valence-electron chi connectivity index (χ0n) is 13.6. The monoisotopic (exact) mass is 332 g/mol. The molecule has 0 fully saturated rings. The van der Waals surface area contributed by atoms with Gasteiger partial charge in [-0.05, 0) is 5.56 Å². The van der Waals surface area contributed by atoms with E-state index in [0.29, 0.717) is 23.5 Å². The van der Waals surface area contributed by atoms with Gasteiger partial charge in [-0.2, -0.15) is 0 Å². The molecule has 2 heterocycles. The van der Waals surface area contributed by atoms with Crippen LogP contribution in [0.15, 0.2) is 70.3 Å². The first-order valence-electron chi connectivity index (χ1n) is 7.94. The Kier molecular flexibility index (Phi) is 3.57. The van der Waals surface area contributed by atoms with Gasteiger partial charge < -0.3 is 4.57 Å². The second-order valence-corrected chi connectivity index (χ2v) is 5.86. The fourth-order valence-corrected chi connectivity index (χ4v) is 2.92. The van der Waals surface area contributed by atoms with Crippen molar-refractivity contribution in [2.45, 2.75) is 6.54 Å². The molecule has 1 N–H and O–H groups in total. The zero-order valence-corrected chi connectivity index (χ0v) is 13.6. The summed E-state index contributed by atoms with van der Waals surface area (Å²) < 4.78 is 2.93. The number of imidazole rings is 1. The summed E-state index contributed by atoms with van der Waals surface area (Å²) in [6.45, 7) is 0.489. The van der Waals surface area contributed by atoms with Crippen LogP contribution in [0.1, 0.15) is 5.56 Å². The minimum absolute atomic E-state index is 0.308. The van der Waals surface area contributed by atoms with Crippen molar-refractivity contribution in [3.8, 4) is 11.4 Å². The number of benzene rings is 2. The van der Waals surface area contributed by atoms with E-state index < -0.39 is 5.69 Å². The lowest BCUT2D eigenvalue weighted by atomic mass is 10.2. The first-order valence-corrected chi connectivity index (χ1v) is 7.94. The van der Waals surface area contributed by atoms with E-state index in [9.17, 15) is 9.59 Å². The van der Waals surface area contributed by atoms with Gasteiger partial charge in [0.05, 0.1) is 0 Å². The van der Waals surface area contributed by atoms with Gasteiger partial charge in [0.2, 0.25) is 0 Å². The van der Waals surface area contributed by atoms with Gasteiger partial charge in [0.15, 0.2) is 11.2 Å². The summed E-state index contributed by atoms with van der Waals surface area (Å²) in [5.74, 6) is 0.651. The van der Waals surface area contributed by atoms with Crippen LogP contribution in [0.4, 0.5) is 0 Å². The lowest BCUT2D eigenvalue weighted by Crippen LogP contribution is -2.33. The number of nitrogens with one attached hydrogen (secondary N) is 1. The zero-order chi connectivity index (χ0) is 17.4. The summed E-state index contributed by atoms with van der Waals surface area (Å²) in [6.07, 6.45) is 0. The SMILES string of the molecule is Cn1c(=O)[nH]c2nc(-c3ccccc3)n(Cc3ccccc3)c2c1=O. The summed E-state index contributed by atoms with van der Waals surface area (Å²) in [5, 5.41) is 0. The summed E-state index contributed by atoms with van der Waals surface area (Å²) in [5.41, 5.74) is 1.81. The molecule has 0 unspecified atom stereocenters. The largest absolute Gasteiger partial charge is 0.329 e. The van der Waals surface area contributed by atoms with E-state index in [1.807, 2.05) is 65.2 Å². The maximum absolute atomic E-state index is 12.7. The van der Waals surface area contributed by atoms with E-state index in [-0.39, 0.29) is 5.56 Å². The predicted molar refractivity (Wildman–Crippen MR) is 96.6 cm³/mol. The third-order valence-corrected chi connectivity index (χ3v) is 4.22. The highest BCUT2D eigenvalue weighted by atomic mass is 16.2. The van der Waals surface area contributed by atoms with Crippen LogP contribution in [0.25, 0.3) is 22.6 Å². The van der Waals surface area contributed by atoms with Crippen LogP contribution in [0, 0.1) is 0 Å². The molecule has 0 aliphatic carbocycles. The highest BCUT2D eigenvalue weighted by Crippen LogP contribution is 2.22. The first kappa shape index (κ1) is 15.1. The molecule has 0 radical (unpaired) electrons. The van der Waals surface area contributed by atoms with Gasteiger partial charge >= 0.3 is 5.69 Å². The number of fused-ring (bicyclic) bond motifs is 1. The minimum atomic E-state index is -0.471. The quantitative estimate of drug-likeness (QED) is 0.625. The van der Waals surface area contributed by atoms with Crippen molar-refractivity contribution in [1.82, 2.24) is 19.1 Å².